The summed E-state index contributed by atoms with van der Waals surface area (Å²) >= 11 is 0. The van der Waals surface area contributed by atoms with E-state index in [2.05, 4.69) is 18.8 Å². The first-order valence-corrected chi connectivity index (χ1v) is 7.07. The van der Waals surface area contributed by atoms with Crippen LogP contribution in [0.2, 0.25) is 0 Å². The summed E-state index contributed by atoms with van der Waals surface area (Å²) in [5.41, 5.74) is 1.49. The zero-order chi connectivity index (χ0) is 14.5. The number of aliphatic hydroxyl groups is 1. The Balaban J connectivity index is 2.02. The molecule has 1 aliphatic carbocycles. The van der Waals surface area contributed by atoms with Crippen molar-refractivity contribution in [3.05, 3.63) is 35.4 Å². The van der Waals surface area contributed by atoms with Gasteiger partial charge in [-0.25, -0.2) is 0 Å². The van der Waals surface area contributed by atoms with Crippen molar-refractivity contribution in [2.45, 2.75) is 19.8 Å². The number of amides is 1. The van der Waals surface area contributed by atoms with E-state index in [0.29, 0.717) is 17.9 Å². The Morgan fingerprint density at radius 1 is 1.50 bits per heavy atom. The molecule has 0 aromatic heterocycles. The Morgan fingerprint density at radius 2 is 2.25 bits per heavy atom. The lowest BCUT2D eigenvalue weighted by Gasteiger charge is -2.17. The summed E-state index contributed by atoms with van der Waals surface area (Å²) in [7, 11) is 1.86. The van der Waals surface area contributed by atoms with Crippen molar-refractivity contribution in [3.63, 3.8) is 0 Å². The number of hydrogen-bond acceptors (Lipinski definition) is 2. The van der Waals surface area contributed by atoms with Crippen LogP contribution in [0.15, 0.2) is 24.3 Å². The number of nitrogens with zero attached hydrogens (tertiary/aromatic N) is 1. The van der Waals surface area contributed by atoms with Crippen LogP contribution in [-0.2, 0) is 0 Å². The van der Waals surface area contributed by atoms with Gasteiger partial charge in [-0.15, -0.1) is 0 Å². The summed E-state index contributed by atoms with van der Waals surface area (Å²) in [6, 6.07) is 7.37. The van der Waals surface area contributed by atoms with Crippen LogP contribution < -0.4 is 0 Å². The quantitative estimate of drug-likeness (QED) is 0.852. The average Bonchev–Trinajstić information content (AvgIpc) is 3.14. The van der Waals surface area contributed by atoms with Gasteiger partial charge in [0.15, 0.2) is 0 Å². The minimum atomic E-state index is 0.0508. The SMILES string of the molecule is CC1CC1CN(C)C(=O)c1cccc(C#CCCO)c1. The topological polar surface area (TPSA) is 40.5 Å². The van der Waals surface area contributed by atoms with Crippen molar-refractivity contribution in [2.24, 2.45) is 11.8 Å². The predicted octanol–water partition coefficient (Wildman–Crippen LogP) is 2.15. The summed E-state index contributed by atoms with van der Waals surface area (Å²) in [5.74, 6) is 7.29. The molecule has 0 saturated heterocycles. The number of carbonyl (C=O) groups is 1. The molecule has 0 aliphatic heterocycles. The Labute approximate surface area is 120 Å². The standard InChI is InChI=1S/C17H21NO2/c1-13-10-16(13)12-18(2)17(20)15-8-5-7-14(11-15)6-3-4-9-19/h5,7-8,11,13,16,19H,4,9-10,12H2,1-2H3. The smallest absolute Gasteiger partial charge is 0.253 e. The Morgan fingerprint density at radius 3 is 2.90 bits per heavy atom. The highest BCUT2D eigenvalue weighted by atomic mass is 16.2. The van der Waals surface area contributed by atoms with Crippen LogP contribution >= 0.6 is 0 Å². The number of aliphatic hydroxyl groups excluding tert-OH is 1. The molecule has 1 aliphatic rings. The van der Waals surface area contributed by atoms with Crippen molar-refractivity contribution in [1.29, 1.82) is 0 Å². The molecule has 0 bridgehead atoms. The lowest BCUT2D eigenvalue weighted by Crippen LogP contribution is -2.29. The van der Waals surface area contributed by atoms with E-state index >= 15 is 0 Å². The summed E-state index contributed by atoms with van der Waals surface area (Å²) in [6.07, 6.45) is 1.68. The Kier molecular flexibility index (Phi) is 4.81. The van der Waals surface area contributed by atoms with Crippen LogP contribution in [0.25, 0.3) is 0 Å². The molecule has 1 aromatic rings. The second kappa shape index (κ2) is 6.58. The molecule has 2 unspecified atom stereocenters. The third kappa shape index (κ3) is 3.85. The fourth-order valence-electron chi connectivity index (χ4n) is 2.26. The van der Waals surface area contributed by atoms with E-state index < -0.39 is 0 Å². The van der Waals surface area contributed by atoms with E-state index in [9.17, 15) is 4.79 Å². The van der Waals surface area contributed by atoms with Crippen molar-refractivity contribution in [1.82, 2.24) is 4.90 Å². The third-order valence-corrected chi connectivity index (χ3v) is 3.71. The van der Waals surface area contributed by atoms with Gasteiger partial charge in [0, 0.05) is 31.1 Å². The number of hydrogen-bond donors (Lipinski definition) is 1. The lowest BCUT2D eigenvalue weighted by atomic mass is 10.1. The summed E-state index contributed by atoms with van der Waals surface area (Å²) in [5, 5.41) is 8.71. The van der Waals surface area contributed by atoms with Crippen LogP contribution in [0.5, 0.6) is 0 Å². The molecule has 106 valence electrons. The molecule has 0 radical (unpaired) electrons. The summed E-state index contributed by atoms with van der Waals surface area (Å²) in [6.45, 7) is 3.12. The minimum absolute atomic E-state index is 0.0508. The van der Waals surface area contributed by atoms with Gasteiger partial charge in [0.2, 0.25) is 0 Å². The van der Waals surface area contributed by atoms with E-state index in [0.717, 1.165) is 18.0 Å². The van der Waals surface area contributed by atoms with Gasteiger partial charge >= 0.3 is 0 Å². The first-order valence-electron chi connectivity index (χ1n) is 7.07. The molecule has 0 spiro atoms. The maximum Gasteiger partial charge on any atom is 0.253 e. The van der Waals surface area contributed by atoms with Crippen LogP contribution in [-0.4, -0.2) is 36.1 Å². The Bertz CT molecular complexity index is 541. The monoisotopic (exact) mass is 271 g/mol. The van der Waals surface area contributed by atoms with Gasteiger partial charge in [-0.2, -0.15) is 0 Å². The summed E-state index contributed by atoms with van der Waals surface area (Å²) in [4.78, 5) is 14.1. The molecular formula is C17H21NO2. The molecule has 0 heterocycles. The zero-order valence-electron chi connectivity index (χ0n) is 12.1. The minimum Gasteiger partial charge on any atom is -0.395 e. The molecule has 2 atom stereocenters. The highest BCUT2D eigenvalue weighted by Crippen LogP contribution is 2.38. The van der Waals surface area contributed by atoms with Crippen molar-refractivity contribution in [2.75, 3.05) is 20.2 Å². The molecule has 3 nitrogen and oxygen atoms in total. The molecule has 1 saturated carbocycles. The average molecular weight is 271 g/mol. The fourth-order valence-corrected chi connectivity index (χ4v) is 2.26. The van der Waals surface area contributed by atoms with Gasteiger partial charge in [0.25, 0.3) is 5.91 Å². The Hall–Kier alpha value is -1.79. The molecule has 20 heavy (non-hydrogen) atoms. The lowest BCUT2D eigenvalue weighted by molar-refractivity contribution is 0.0787. The number of benzene rings is 1. The molecule has 1 amide bonds. The first kappa shape index (κ1) is 14.6. The largest absolute Gasteiger partial charge is 0.395 e. The highest BCUT2D eigenvalue weighted by molar-refractivity contribution is 5.94. The molecule has 2 rings (SSSR count). The molecular weight excluding hydrogens is 250 g/mol. The van der Waals surface area contributed by atoms with Gasteiger partial charge in [0.05, 0.1) is 6.61 Å². The second-order valence-electron chi connectivity index (χ2n) is 5.51. The molecule has 1 aromatic carbocycles. The normalized spacial score (nSPS) is 19.9. The first-order chi connectivity index (χ1) is 9.61. The van der Waals surface area contributed by atoms with Crippen LogP contribution in [0.3, 0.4) is 0 Å². The predicted molar refractivity (Wildman–Crippen MR) is 79.3 cm³/mol. The molecule has 1 N–H and O–H groups in total. The molecule has 1 fully saturated rings. The third-order valence-electron chi connectivity index (χ3n) is 3.71. The van der Waals surface area contributed by atoms with E-state index in [1.54, 1.807) is 4.90 Å². The van der Waals surface area contributed by atoms with Gasteiger partial charge < -0.3 is 10.0 Å². The summed E-state index contributed by atoms with van der Waals surface area (Å²) < 4.78 is 0. The second-order valence-corrected chi connectivity index (χ2v) is 5.51. The van der Waals surface area contributed by atoms with E-state index in [4.69, 9.17) is 5.11 Å². The maximum atomic E-state index is 12.3. The maximum absolute atomic E-state index is 12.3. The van der Waals surface area contributed by atoms with Gasteiger partial charge in [-0.1, -0.05) is 24.8 Å². The zero-order valence-corrected chi connectivity index (χ0v) is 12.1. The van der Waals surface area contributed by atoms with E-state index in [-0.39, 0.29) is 12.5 Å². The van der Waals surface area contributed by atoms with Gasteiger partial charge in [-0.05, 0) is 36.5 Å². The van der Waals surface area contributed by atoms with Gasteiger partial charge in [0.1, 0.15) is 0 Å². The number of rotatable bonds is 4. The van der Waals surface area contributed by atoms with Crippen molar-refractivity contribution in [3.8, 4) is 11.8 Å². The van der Waals surface area contributed by atoms with Gasteiger partial charge in [-0.3, -0.25) is 4.79 Å². The fraction of sp³-hybridized carbons (Fsp3) is 0.471. The molecule has 3 heteroatoms. The van der Waals surface area contributed by atoms with E-state index in [1.165, 1.54) is 6.42 Å². The highest BCUT2D eigenvalue weighted by Gasteiger charge is 2.34. The van der Waals surface area contributed by atoms with Crippen LogP contribution in [0, 0.1) is 23.7 Å². The van der Waals surface area contributed by atoms with E-state index in [1.807, 2.05) is 31.3 Å². The van der Waals surface area contributed by atoms with Crippen molar-refractivity contribution >= 4 is 5.91 Å². The van der Waals surface area contributed by atoms with Crippen LogP contribution in [0.1, 0.15) is 35.7 Å². The van der Waals surface area contributed by atoms with Crippen LogP contribution in [0.4, 0.5) is 0 Å². The number of carbonyl (C=O) groups excluding carboxylic acids is 1. The van der Waals surface area contributed by atoms with Crippen molar-refractivity contribution < 1.29 is 9.90 Å².